The molecular formula is C26H48ClN6O2+. The Bertz CT molecular complexity index is 796. The number of rotatable bonds is 8. The van der Waals surface area contributed by atoms with Crippen molar-refractivity contribution in [3.63, 3.8) is 0 Å². The third-order valence-corrected chi connectivity index (χ3v) is 10.00. The van der Waals surface area contributed by atoms with Gasteiger partial charge in [0.25, 0.3) is 0 Å². The van der Waals surface area contributed by atoms with E-state index < -0.39 is 12.1 Å². The highest BCUT2D eigenvalue weighted by atomic mass is 35.5. The van der Waals surface area contributed by atoms with E-state index in [4.69, 9.17) is 27.8 Å². The van der Waals surface area contributed by atoms with Crippen LogP contribution in [0.2, 0.25) is 0 Å². The van der Waals surface area contributed by atoms with Gasteiger partial charge in [-0.05, 0) is 62.9 Å². The number of likely N-dealkylation sites (tertiary alicyclic amines) is 1. The molecule has 3 fully saturated rings. The smallest absolute Gasteiger partial charge is 0.233 e. The van der Waals surface area contributed by atoms with E-state index in [1.54, 1.807) is 0 Å². The van der Waals surface area contributed by atoms with Gasteiger partial charge in [0.15, 0.2) is 12.3 Å². The van der Waals surface area contributed by atoms with E-state index in [9.17, 15) is 4.79 Å². The lowest BCUT2D eigenvalue weighted by Crippen LogP contribution is -2.61. The summed E-state index contributed by atoms with van der Waals surface area (Å²) < 4.78 is 8.62. The van der Waals surface area contributed by atoms with Crippen LogP contribution >= 0.6 is 11.6 Å². The topological polar surface area (TPSA) is 109 Å². The molecule has 4 aliphatic rings. The lowest BCUT2D eigenvalue weighted by molar-refractivity contribution is -0.546. The molecular weight excluding hydrogens is 464 g/mol. The summed E-state index contributed by atoms with van der Waals surface area (Å²) in [6, 6.07) is -0.188. The molecule has 0 spiro atoms. The summed E-state index contributed by atoms with van der Waals surface area (Å²) in [5, 5.41) is 6.68. The average Bonchev–Trinajstić information content (AvgIpc) is 3.21. The summed E-state index contributed by atoms with van der Waals surface area (Å²) in [6.07, 6.45) is 8.73. The van der Waals surface area contributed by atoms with Crippen molar-refractivity contribution in [2.45, 2.75) is 94.6 Å². The van der Waals surface area contributed by atoms with Crippen molar-refractivity contribution >= 4 is 23.7 Å². The van der Waals surface area contributed by atoms with E-state index in [1.165, 1.54) is 6.42 Å². The van der Waals surface area contributed by atoms with E-state index in [2.05, 4.69) is 47.2 Å². The maximum atomic E-state index is 13.8. The van der Waals surface area contributed by atoms with Gasteiger partial charge in [-0.25, -0.2) is 4.58 Å². The molecule has 0 aromatic carbocycles. The van der Waals surface area contributed by atoms with Crippen LogP contribution in [0.1, 0.15) is 58.8 Å². The number of ether oxygens (including phenoxy) is 1. The van der Waals surface area contributed by atoms with Gasteiger partial charge in [-0.1, -0.05) is 13.8 Å². The van der Waals surface area contributed by atoms with Crippen LogP contribution in [0.4, 0.5) is 0 Å². The Kier molecular flexibility index (Phi) is 8.51. The molecule has 0 bridgehead atoms. The fourth-order valence-electron chi connectivity index (χ4n) is 7.47. The molecule has 9 heteroatoms. The Morgan fingerprint density at radius 2 is 2.00 bits per heavy atom. The van der Waals surface area contributed by atoms with Gasteiger partial charge in [0, 0.05) is 26.1 Å². The highest BCUT2D eigenvalue weighted by Gasteiger charge is 2.67. The van der Waals surface area contributed by atoms with Gasteiger partial charge < -0.3 is 31.7 Å². The number of hydrogen-bond acceptors (Lipinski definition) is 6. The lowest BCUT2D eigenvalue weighted by Gasteiger charge is -2.37. The zero-order chi connectivity index (χ0) is 25.4. The zero-order valence-electron chi connectivity index (χ0n) is 22.1. The van der Waals surface area contributed by atoms with Crippen LogP contribution in [0.25, 0.3) is 0 Å². The molecule has 1 aliphatic carbocycles. The number of amides is 1. The largest absolute Gasteiger partial charge is 0.371 e. The van der Waals surface area contributed by atoms with Gasteiger partial charge in [-0.2, -0.15) is 0 Å². The van der Waals surface area contributed by atoms with Crippen molar-refractivity contribution in [3.05, 3.63) is 0 Å². The minimum Gasteiger partial charge on any atom is -0.371 e. The SMILES string of the molecule is CCC12CC(Cl)C=[N+](C)C(C(C(=O)NC3CNCCC3OC3CCN(C)C3)C(N)N)CC1(CC)C2. The van der Waals surface area contributed by atoms with Crippen LogP contribution in [0.15, 0.2) is 0 Å². The molecule has 8 unspecified atom stereocenters. The molecule has 35 heavy (non-hydrogen) atoms. The standard InChI is InChI=1S/C26H47ClN6O2/c1-5-25-11-17(27)14-33(4)20(12-26(25,6-2)16-25)22(23(28)29)24(34)31-19-13-30-9-7-21(19)35-18-8-10-32(3)15-18/h14,17-23,30H,5-13,15-16,28-29H2,1-4H3/p+1. The fraction of sp³-hybridized carbons (Fsp3) is 0.923. The molecule has 0 aromatic heterocycles. The third-order valence-electron chi connectivity index (χ3n) is 9.73. The molecule has 8 atom stereocenters. The molecule has 0 radical (unpaired) electrons. The summed E-state index contributed by atoms with van der Waals surface area (Å²) in [5.41, 5.74) is 13.1. The molecule has 200 valence electrons. The number of nitrogens with two attached hydrogens (primary N) is 2. The predicted molar refractivity (Wildman–Crippen MR) is 141 cm³/mol. The lowest BCUT2D eigenvalue weighted by atomic mass is 9.76. The number of nitrogens with one attached hydrogen (secondary N) is 2. The van der Waals surface area contributed by atoms with Crippen LogP contribution < -0.4 is 22.1 Å². The molecule has 1 amide bonds. The summed E-state index contributed by atoms with van der Waals surface area (Å²) in [7, 11) is 4.15. The molecule has 2 saturated heterocycles. The Morgan fingerprint density at radius 1 is 1.29 bits per heavy atom. The van der Waals surface area contributed by atoms with E-state index >= 15 is 0 Å². The first-order chi connectivity index (χ1) is 16.6. The number of halogens is 1. The van der Waals surface area contributed by atoms with Crippen LogP contribution in [0.5, 0.6) is 0 Å². The van der Waals surface area contributed by atoms with Gasteiger partial charge in [-0.15, -0.1) is 11.6 Å². The predicted octanol–water partition coefficient (Wildman–Crippen LogP) is 1.09. The van der Waals surface area contributed by atoms with Crippen LogP contribution in [0.3, 0.4) is 0 Å². The molecule has 1 saturated carbocycles. The maximum absolute atomic E-state index is 13.8. The quantitative estimate of drug-likeness (QED) is 0.221. The third kappa shape index (κ3) is 5.58. The van der Waals surface area contributed by atoms with Crippen LogP contribution in [-0.4, -0.2) is 97.7 Å². The summed E-state index contributed by atoms with van der Waals surface area (Å²) in [6.45, 7) is 8.15. The van der Waals surface area contributed by atoms with Gasteiger partial charge in [-0.3, -0.25) is 4.79 Å². The zero-order valence-corrected chi connectivity index (χ0v) is 22.9. The first-order valence-electron chi connectivity index (χ1n) is 13.7. The van der Waals surface area contributed by atoms with Crippen molar-refractivity contribution in [3.8, 4) is 0 Å². The summed E-state index contributed by atoms with van der Waals surface area (Å²) >= 11 is 6.80. The number of hydrogen-bond donors (Lipinski definition) is 4. The normalized spacial score (nSPS) is 41.0. The van der Waals surface area contributed by atoms with E-state index in [0.29, 0.717) is 6.54 Å². The molecule has 3 aliphatic heterocycles. The second kappa shape index (κ2) is 10.9. The van der Waals surface area contributed by atoms with Crippen molar-refractivity contribution in [1.29, 1.82) is 0 Å². The number of piperidine rings is 1. The first kappa shape index (κ1) is 27.3. The second-order valence-corrected chi connectivity index (χ2v) is 12.4. The van der Waals surface area contributed by atoms with Crippen molar-refractivity contribution in [2.75, 3.05) is 40.3 Å². The van der Waals surface area contributed by atoms with Crippen LogP contribution in [0, 0.1) is 16.7 Å². The van der Waals surface area contributed by atoms with Gasteiger partial charge in [0.2, 0.25) is 5.91 Å². The van der Waals surface area contributed by atoms with Gasteiger partial charge >= 0.3 is 0 Å². The average molecular weight is 512 g/mol. The number of carbonyl (C=O) groups is 1. The van der Waals surface area contributed by atoms with Crippen molar-refractivity contribution in [1.82, 2.24) is 15.5 Å². The minimum absolute atomic E-state index is 0.00152. The Balaban J connectivity index is 1.52. The number of alkyl halides is 1. The summed E-state index contributed by atoms with van der Waals surface area (Å²) in [5.74, 6) is -0.603. The second-order valence-electron chi connectivity index (χ2n) is 11.8. The highest BCUT2D eigenvalue weighted by Crippen LogP contribution is 2.73. The Labute approximate surface area is 216 Å². The molecule has 4 rings (SSSR count). The van der Waals surface area contributed by atoms with E-state index in [-0.39, 0.29) is 46.4 Å². The molecule has 0 aromatic rings. The Hall–Kier alpha value is -0.770. The Morgan fingerprint density at radius 3 is 2.63 bits per heavy atom. The first-order valence-corrected chi connectivity index (χ1v) is 14.1. The monoisotopic (exact) mass is 511 g/mol. The number of nitrogens with zero attached hydrogens (tertiary/aromatic N) is 2. The van der Waals surface area contributed by atoms with Crippen molar-refractivity contribution < 1.29 is 14.1 Å². The van der Waals surface area contributed by atoms with Crippen LogP contribution in [-0.2, 0) is 9.53 Å². The van der Waals surface area contributed by atoms with Gasteiger partial charge in [0.05, 0.1) is 24.4 Å². The number of fused-ring (bicyclic) bond motifs is 1. The van der Waals surface area contributed by atoms with Crippen molar-refractivity contribution in [2.24, 2.45) is 28.2 Å². The fourth-order valence-corrected chi connectivity index (χ4v) is 7.94. The van der Waals surface area contributed by atoms with E-state index in [0.717, 1.165) is 58.2 Å². The molecule has 8 nitrogen and oxygen atoms in total. The number of carbonyl (C=O) groups excluding carboxylic acids is 1. The van der Waals surface area contributed by atoms with E-state index in [1.807, 2.05) is 7.05 Å². The number of likely N-dealkylation sites (N-methyl/N-ethyl adjacent to an activating group) is 1. The minimum atomic E-state index is -0.757. The summed E-state index contributed by atoms with van der Waals surface area (Å²) in [4.78, 5) is 16.1. The molecule has 3 heterocycles. The maximum Gasteiger partial charge on any atom is 0.233 e. The molecule has 6 N–H and O–H groups in total. The van der Waals surface area contributed by atoms with Gasteiger partial charge in [0.1, 0.15) is 18.3 Å². The highest BCUT2D eigenvalue weighted by molar-refractivity contribution is 6.27.